The molecule has 0 aliphatic carbocycles. The Labute approximate surface area is 211 Å². The first kappa shape index (κ1) is 23.6. The number of anilines is 1. The SMILES string of the molecule is CC(C)(c1ccc(OCc2ccnc(N3CCC4(CC3)CNC4)n2)cc1)c1cc(Cl)cc(C#N)c1. The molecule has 2 fully saturated rings. The van der Waals surface area contributed by atoms with Crippen LogP contribution in [0.2, 0.25) is 5.02 Å². The van der Waals surface area contributed by atoms with Crippen LogP contribution in [0.4, 0.5) is 5.95 Å². The second kappa shape index (κ2) is 9.49. The topological polar surface area (TPSA) is 74.1 Å². The van der Waals surface area contributed by atoms with Crippen LogP contribution in [-0.2, 0) is 12.0 Å². The Bertz CT molecular complexity index is 1240. The zero-order valence-electron chi connectivity index (χ0n) is 20.2. The fourth-order valence-electron chi connectivity index (χ4n) is 4.94. The highest BCUT2D eigenvalue weighted by atomic mass is 35.5. The first-order valence-electron chi connectivity index (χ1n) is 12.1. The number of hydrogen-bond donors (Lipinski definition) is 1. The van der Waals surface area contributed by atoms with Gasteiger partial charge in [-0.2, -0.15) is 5.26 Å². The lowest BCUT2D eigenvalue weighted by Gasteiger charge is -2.48. The van der Waals surface area contributed by atoms with Crippen LogP contribution in [0.1, 0.15) is 49.1 Å². The number of benzene rings is 2. The molecule has 5 rings (SSSR count). The highest BCUT2D eigenvalue weighted by Gasteiger charge is 2.40. The number of ether oxygens (including phenoxy) is 1. The molecule has 0 radical (unpaired) electrons. The summed E-state index contributed by atoms with van der Waals surface area (Å²) >= 11 is 6.24. The standard InChI is InChI=1S/C28H30ClN5O/c1-27(2,22-13-20(16-30)14-23(29)15-22)21-3-5-25(6-4-21)35-17-24-7-10-32-26(33-24)34-11-8-28(9-12-34)18-31-19-28/h3-7,10,13-15,31H,8-9,11-12,17-19H2,1-2H3. The maximum Gasteiger partial charge on any atom is 0.225 e. The number of nitriles is 1. The summed E-state index contributed by atoms with van der Waals surface area (Å²) in [4.78, 5) is 11.6. The third-order valence-electron chi connectivity index (χ3n) is 7.52. The Morgan fingerprint density at radius 3 is 2.49 bits per heavy atom. The van der Waals surface area contributed by atoms with E-state index in [1.165, 1.54) is 12.8 Å². The van der Waals surface area contributed by atoms with Gasteiger partial charge in [-0.05, 0) is 65.8 Å². The molecule has 2 aromatic carbocycles. The molecule has 1 N–H and O–H groups in total. The zero-order chi connectivity index (χ0) is 24.5. The maximum absolute atomic E-state index is 9.30. The number of nitrogens with zero attached hydrogens (tertiary/aromatic N) is 4. The molecule has 35 heavy (non-hydrogen) atoms. The van der Waals surface area contributed by atoms with Crippen LogP contribution in [0.15, 0.2) is 54.7 Å². The average Bonchev–Trinajstić information content (AvgIpc) is 2.86. The van der Waals surface area contributed by atoms with Gasteiger partial charge in [0.2, 0.25) is 5.95 Å². The number of rotatable bonds is 6. The predicted molar refractivity (Wildman–Crippen MR) is 138 cm³/mol. The van der Waals surface area contributed by atoms with Gasteiger partial charge in [-0.25, -0.2) is 9.97 Å². The number of aromatic nitrogens is 2. The molecule has 2 saturated heterocycles. The second-order valence-electron chi connectivity index (χ2n) is 10.2. The van der Waals surface area contributed by atoms with Crippen molar-refractivity contribution in [2.75, 3.05) is 31.1 Å². The Hall–Kier alpha value is -3.14. The predicted octanol–water partition coefficient (Wildman–Crippen LogP) is 5.10. The summed E-state index contributed by atoms with van der Waals surface area (Å²) in [7, 11) is 0. The van der Waals surface area contributed by atoms with E-state index < -0.39 is 0 Å². The summed E-state index contributed by atoms with van der Waals surface area (Å²) in [5.74, 6) is 1.58. The van der Waals surface area contributed by atoms with Crippen LogP contribution < -0.4 is 15.0 Å². The fourth-order valence-corrected chi connectivity index (χ4v) is 5.17. The molecular weight excluding hydrogens is 458 g/mol. The summed E-state index contributed by atoms with van der Waals surface area (Å²) in [6.45, 7) is 8.94. The van der Waals surface area contributed by atoms with Gasteiger partial charge in [0.15, 0.2) is 0 Å². The van der Waals surface area contributed by atoms with Crippen molar-refractivity contribution in [3.05, 3.63) is 82.1 Å². The van der Waals surface area contributed by atoms with Gasteiger partial charge in [0.25, 0.3) is 0 Å². The highest BCUT2D eigenvalue weighted by molar-refractivity contribution is 6.30. The molecule has 1 spiro atoms. The molecule has 0 amide bonds. The summed E-state index contributed by atoms with van der Waals surface area (Å²) < 4.78 is 6.04. The van der Waals surface area contributed by atoms with Gasteiger partial charge in [0.05, 0.1) is 17.3 Å². The van der Waals surface area contributed by atoms with Gasteiger partial charge in [0.1, 0.15) is 12.4 Å². The largest absolute Gasteiger partial charge is 0.487 e. The molecule has 2 aliphatic heterocycles. The highest BCUT2D eigenvalue weighted by Crippen LogP contribution is 2.36. The first-order chi connectivity index (χ1) is 16.9. The third kappa shape index (κ3) is 4.98. The lowest BCUT2D eigenvalue weighted by Crippen LogP contribution is -2.58. The van der Waals surface area contributed by atoms with Crippen molar-refractivity contribution < 1.29 is 4.74 Å². The minimum absolute atomic E-state index is 0.306. The summed E-state index contributed by atoms with van der Waals surface area (Å²) in [6, 6.07) is 17.7. The summed E-state index contributed by atoms with van der Waals surface area (Å²) in [6.07, 6.45) is 4.21. The Morgan fingerprint density at radius 1 is 1.09 bits per heavy atom. The smallest absolute Gasteiger partial charge is 0.225 e. The van der Waals surface area contributed by atoms with Gasteiger partial charge >= 0.3 is 0 Å². The normalized spacial score (nSPS) is 17.0. The number of piperidine rings is 1. The van der Waals surface area contributed by atoms with E-state index in [1.807, 2.05) is 36.5 Å². The summed E-state index contributed by atoms with van der Waals surface area (Å²) in [5, 5.41) is 13.3. The van der Waals surface area contributed by atoms with Crippen molar-refractivity contribution in [1.82, 2.24) is 15.3 Å². The zero-order valence-corrected chi connectivity index (χ0v) is 21.0. The Balaban J connectivity index is 1.22. The number of halogens is 1. The monoisotopic (exact) mass is 487 g/mol. The van der Waals surface area contributed by atoms with E-state index in [0.29, 0.717) is 22.6 Å². The van der Waals surface area contributed by atoms with E-state index in [1.54, 1.807) is 6.07 Å². The molecule has 0 bridgehead atoms. The molecule has 3 heterocycles. The minimum atomic E-state index is -0.306. The van der Waals surface area contributed by atoms with Crippen LogP contribution in [0.25, 0.3) is 0 Å². The van der Waals surface area contributed by atoms with Crippen molar-refractivity contribution in [3.63, 3.8) is 0 Å². The van der Waals surface area contributed by atoms with Crippen molar-refractivity contribution in [1.29, 1.82) is 5.26 Å². The van der Waals surface area contributed by atoms with Crippen molar-refractivity contribution in [2.45, 2.75) is 38.7 Å². The van der Waals surface area contributed by atoms with E-state index in [-0.39, 0.29) is 5.41 Å². The molecule has 0 atom stereocenters. The van der Waals surface area contributed by atoms with Crippen molar-refractivity contribution in [3.8, 4) is 11.8 Å². The van der Waals surface area contributed by atoms with Gasteiger partial charge < -0.3 is 15.0 Å². The molecule has 3 aromatic rings. The van der Waals surface area contributed by atoms with E-state index >= 15 is 0 Å². The van der Waals surface area contributed by atoms with E-state index in [9.17, 15) is 5.26 Å². The Morgan fingerprint density at radius 2 is 1.83 bits per heavy atom. The van der Waals surface area contributed by atoms with Crippen LogP contribution in [0.3, 0.4) is 0 Å². The lowest BCUT2D eigenvalue weighted by atomic mass is 9.73. The van der Waals surface area contributed by atoms with Crippen molar-refractivity contribution >= 4 is 17.5 Å². The lowest BCUT2D eigenvalue weighted by molar-refractivity contribution is 0.126. The van der Waals surface area contributed by atoms with Crippen molar-refractivity contribution in [2.24, 2.45) is 5.41 Å². The van der Waals surface area contributed by atoms with Gasteiger partial charge in [-0.3, -0.25) is 0 Å². The molecule has 2 aliphatic rings. The van der Waals surface area contributed by atoms with Crippen LogP contribution >= 0.6 is 11.6 Å². The van der Waals surface area contributed by atoms with Crippen LogP contribution in [-0.4, -0.2) is 36.1 Å². The van der Waals surface area contributed by atoms with E-state index in [0.717, 1.165) is 54.7 Å². The molecule has 0 unspecified atom stereocenters. The second-order valence-corrected chi connectivity index (χ2v) is 10.7. The van der Waals surface area contributed by atoms with Gasteiger partial charge in [0, 0.05) is 42.8 Å². The maximum atomic E-state index is 9.30. The Kier molecular flexibility index (Phi) is 6.39. The molecule has 180 valence electrons. The fraction of sp³-hybridized carbons (Fsp3) is 0.393. The number of nitrogens with one attached hydrogen (secondary N) is 1. The van der Waals surface area contributed by atoms with Gasteiger partial charge in [-0.15, -0.1) is 0 Å². The molecule has 1 aromatic heterocycles. The molecule has 6 nitrogen and oxygen atoms in total. The van der Waals surface area contributed by atoms with Crippen LogP contribution in [0, 0.1) is 16.7 Å². The van der Waals surface area contributed by atoms with Gasteiger partial charge in [-0.1, -0.05) is 37.6 Å². The number of hydrogen-bond acceptors (Lipinski definition) is 6. The summed E-state index contributed by atoms with van der Waals surface area (Å²) in [5.41, 5.74) is 3.75. The average molecular weight is 488 g/mol. The molecular formula is C28H30ClN5O. The molecule has 0 saturated carbocycles. The molecule has 7 heteroatoms. The van der Waals surface area contributed by atoms with E-state index in [2.05, 4.69) is 47.3 Å². The quantitative estimate of drug-likeness (QED) is 0.521. The van der Waals surface area contributed by atoms with Crippen LogP contribution in [0.5, 0.6) is 5.75 Å². The minimum Gasteiger partial charge on any atom is -0.487 e. The third-order valence-corrected chi connectivity index (χ3v) is 7.74. The van der Waals surface area contributed by atoms with E-state index in [4.69, 9.17) is 21.3 Å². The first-order valence-corrected chi connectivity index (χ1v) is 12.5.